The second-order valence-corrected chi connectivity index (χ2v) is 7.92. The monoisotopic (exact) mass is 358 g/mol. The molecule has 0 aliphatic rings. The second kappa shape index (κ2) is 11.0. The number of hydrogen-bond donors (Lipinski definition) is 1. The fourth-order valence-corrected chi connectivity index (χ4v) is 2.80. The van der Waals surface area contributed by atoms with Crippen LogP contribution in [-0.2, 0) is 11.8 Å². The van der Waals surface area contributed by atoms with E-state index >= 15 is 0 Å². The maximum Gasteiger partial charge on any atom is 1.00 e. The Hall–Kier alpha value is 0.126. The van der Waals surface area contributed by atoms with Crippen LogP contribution >= 0.6 is 0 Å². The van der Waals surface area contributed by atoms with Gasteiger partial charge in [-0.05, 0) is 35.8 Å². The van der Waals surface area contributed by atoms with Gasteiger partial charge < -0.3 is 15.0 Å². The van der Waals surface area contributed by atoms with Gasteiger partial charge in [-0.25, -0.2) is 0 Å². The molecule has 0 radical (unpaired) electrons. The van der Waals surface area contributed by atoms with Crippen molar-refractivity contribution >= 4 is 5.97 Å². The topological polar surface area (TPSA) is 60.4 Å². The van der Waals surface area contributed by atoms with Crippen molar-refractivity contribution in [3.63, 3.8) is 0 Å². The van der Waals surface area contributed by atoms with E-state index < -0.39 is 5.97 Å². The van der Waals surface area contributed by atoms with E-state index in [9.17, 15) is 15.0 Å². The summed E-state index contributed by atoms with van der Waals surface area (Å²) in [5, 5.41) is 21.5. The number of phenols is 1. The fraction of sp³-hybridized carbons (Fsp3) is 0.650. The molecule has 1 N–H and O–H groups in total. The van der Waals surface area contributed by atoms with E-state index in [1.54, 1.807) is 6.07 Å². The van der Waals surface area contributed by atoms with Gasteiger partial charge in [0, 0.05) is 11.1 Å². The van der Waals surface area contributed by atoms with Crippen LogP contribution in [0.5, 0.6) is 5.75 Å². The first kappa shape index (κ1) is 24.1. The molecule has 0 amide bonds. The van der Waals surface area contributed by atoms with Gasteiger partial charge in [0.2, 0.25) is 0 Å². The minimum Gasteiger partial charge on any atom is -0.545 e. The maximum atomic E-state index is 11.3. The molecule has 130 valence electrons. The molecule has 0 unspecified atom stereocenters. The zero-order chi connectivity index (χ0) is 17.6. The van der Waals surface area contributed by atoms with Gasteiger partial charge in [0.1, 0.15) is 5.75 Å². The van der Waals surface area contributed by atoms with Crippen molar-refractivity contribution in [2.75, 3.05) is 0 Å². The van der Waals surface area contributed by atoms with Crippen molar-refractivity contribution in [1.82, 2.24) is 0 Å². The number of benzene rings is 1. The zero-order valence-corrected chi connectivity index (χ0v) is 19.4. The molecule has 0 fully saturated rings. The number of aromatic hydroxyl groups is 1. The summed E-state index contributed by atoms with van der Waals surface area (Å²) < 4.78 is 0. The number of carboxylic acids is 1. The molecule has 0 aromatic heterocycles. The van der Waals surface area contributed by atoms with Gasteiger partial charge >= 0.3 is 51.4 Å². The molecular formula is C20H31KO3. The van der Waals surface area contributed by atoms with Crippen LogP contribution in [0.25, 0.3) is 0 Å². The van der Waals surface area contributed by atoms with E-state index in [1.165, 1.54) is 19.3 Å². The number of rotatable bonds is 8. The average molecular weight is 359 g/mol. The summed E-state index contributed by atoms with van der Waals surface area (Å²) >= 11 is 0. The molecule has 0 spiro atoms. The van der Waals surface area contributed by atoms with Crippen molar-refractivity contribution in [1.29, 1.82) is 0 Å². The Kier molecular flexibility index (Phi) is 11.0. The van der Waals surface area contributed by atoms with E-state index in [4.69, 9.17) is 0 Å². The van der Waals surface area contributed by atoms with Crippen molar-refractivity contribution < 1.29 is 66.4 Å². The van der Waals surface area contributed by atoms with Crippen molar-refractivity contribution in [3.8, 4) is 5.75 Å². The quantitative estimate of drug-likeness (QED) is 0.561. The van der Waals surface area contributed by atoms with Crippen LogP contribution in [0.4, 0.5) is 0 Å². The Bertz CT molecular complexity index is 530. The number of carbonyl (C=O) groups is 1. The smallest absolute Gasteiger partial charge is 0.545 e. The molecule has 1 aromatic carbocycles. The fourth-order valence-electron chi connectivity index (χ4n) is 2.80. The first-order valence-electron chi connectivity index (χ1n) is 8.70. The van der Waals surface area contributed by atoms with Crippen LogP contribution in [0.2, 0.25) is 0 Å². The summed E-state index contributed by atoms with van der Waals surface area (Å²) in [6.07, 6.45) is 6.77. The Morgan fingerprint density at radius 1 is 1.12 bits per heavy atom. The van der Waals surface area contributed by atoms with E-state index in [2.05, 4.69) is 13.8 Å². The van der Waals surface area contributed by atoms with Gasteiger partial charge in [0.05, 0.1) is 5.97 Å². The number of aromatic carboxylic acids is 1. The van der Waals surface area contributed by atoms with Crippen LogP contribution in [0.3, 0.4) is 0 Å². The molecule has 1 rings (SSSR count). The normalized spacial score (nSPS) is 11.4. The molecule has 0 aliphatic heterocycles. The minimum absolute atomic E-state index is 0. The number of aryl methyl sites for hydroxylation is 1. The largest absolute Gasteiger partial charge is 1.00 e. The van der Waals surface area contributed by atoms with E-state index in [0.29, 0.717) is 5.56 Å². The Labute approximate surface area is 189 Å². The van der Waals surface area contributed by atoms with Crippen LogP contribution in [0.1, 0.15) is 88.2 Å². The molecule has 24 heavy (non-hydrogen) atoms. The first-order chi connectivity index (χ1) is 10.6. The maximum absolute atomic E-state index is 11.3. The van der Waals surface area contributed by atoms with Crippen LogP contribution < -0.4 is 56.5 Å². The van der Waals surface area contributed by atoms with Gasteiger partial charge in [0.25, 0.3) is 0 Å². The minimum atomic E-state index is -1.31. The summed E-state index contributed by atoms with van der Waals surface area (Å²) in [7, 11) is 0. The summed E-state index contributed by atoms with van der Waals surface area (Å²) in [5.41, 5.74) is 1.25. The third kappa shape index (κ3) is 8.00. The summed E-state index contributed by atoms with van der Waals surface area (Å²) in [6.45, 7) is 10.4. The molecule has 0 heterocycles. The third-order valence-electron chi connectivity index (χ3n) is 4.19. The molecule has 1 aromatic rings. The number of unbranched alkanes of at least 4 members (excludes halogenated alkanes) is 3. The summed E-state index contributed by atoms with van der Waals surface area (Å²) in [5.74, 6) is -0.711. The molecule has 0 bridgehead atoms. The van der Waals surface area contributed by atoms with Crippen LogP contribution in [-0.4, -0.2) is 11.1 Å². The summed E-state index contributed by atoms with van der Waals surface area (Å²) in [4.78, 5) is 11.3. The summed E-state index contributed by atoms with van der Waals surface area (Å²) in [6, 6.07) is 3.50. The Balaban J connectivity index is 0.00000529. The van der Waals surface area contributed by atoms with E-state index in [0.717, 1.165) is 30.7 Å². The Morgan fingerprint density at radius 3 is 2.21 bits per heavy atom. The second-order valence-electron chi connectivity index (χ2n) is 7.92. The van der Waals surface area contributed by atoms with Gasteiger partial charge in [-0.3, -0.25) is 0 Å². The predicted molar refractivity (Wildman–Crippen MR) is 92.8 cm³/mol. The van der Waals surface area contributed by atoms with E-state index in [1.807, 2.05) is 26.8 Å². The number of hydrogen-bond acceptors (Lipinski definition) is 3. The first-order valence-corrected chi connectivity index (χ1v) is 8.70. The molecular weight excluding hydrogens is 327 g/mol. The average Bonchev–Trinajstić information content (AvgIpc) is 2.42. The van der Waals surface area contributed by atoms with Crippen molar-refractivity contribution in [2.45, 2.75) is 78.6 Å². The van der Waals surface area contributed by atoms with Crippen molar-refractivity contribution in [3.05, 3.63) is 28.8 Å². The van der Waals surface area contributed by atoms with Crippen LogP contribution in [0, 0.1) is 5.92 Å². The standard InChI is InChI=1S/C20H32O3.K/c1-14(2)10-8-6-7-9-11-15-12-16(19(22)23)18(21)17(13-15)20(3,4)5;/h12-14,21H,6-11H2,1-5H3,(H,22,23);/q;+1/p-1. The molecule has 0 saturated carbocycles. The third-order valence-corrected chi connectivity index (χ3v) is 4.19. The van der Waals surface area contributed by atoms with E-state index in [-0.39, 0.29) is 68.1 Å². The molecule has 0 aliphatic carbocycles. The molecule has 0 saturated heterocycles. The van der Waals surface area contributed by atoms with Gasteiger partial charge in [-0.2, -0.15) is 0 Å². The zero-order valence-electron chi connectivity index (χ0n) is 16.2. The van der Waals surface area contributed by atoms with Gasteiger partial charge in [-0.1, -0.05) is 66.4 Å². The molecule has 0 atom stereocenters. The number of carbonyl (C=O) groups excluding carboxylic acids is 1. The van der Waals surface area contributed by atoms with Gasteiger partial charge in [0.15, 0.2) is 0 Å². The Morgan fingerprint density at radius 2 is 1.71 bits per heavy atom. The van der Waals surface area contributed by atoms with Crippen LogP contribution in [0.15, 0.2) is 12.1 Å². The molecule has 3 nitrogen and oxygen atoms in total. The van der Waals surface area contributed by atoms with Crippen molar-refractivity contribution in [2.24, 2.45) is 5.92 Å². The number of carboxylic acid groups (broad SMARTS) is 1. The predicted octanol–water partition coefficient (Wildman–Crippen LogP) is 1.21. The SMILES string of the molecule is CC(C)CCCCCCc1cc(C(=O)[O-])c(O)c(C(C)(C)C)c1.[K+]. The van der Waals surface area contributed by atoms with Gasteiger partial charge in [-0.15, -0.1) is 0 Å². The molecule has 4 heteroatoms.